The Hall–Kier alpha value is -3.65. The predicted molar refractivity (Wildman–Crippen MR) is 104 cm³/mol. The summed E-state index contributed by atoms with van der Waals surface area (Å²) in [6, 6.07) is 12.8. The summed E-state index contributed by atoms with van der Waals surface area (Å²) >= 11 is 0. The van der Waals surface area contributed by atoms with Gasteiger partial charge in [0.25, 0.3) is 23.6 Å². The van der Waals surface area contributed by atoms with Gasteiger partial charge in [0, 0.05) is 19.5 Å². The predicted octanol–water partition coefficient (Wildman–Crippen LogP) is 1.29. The van der Waals surface area contributed by atoms with E-state index in [4.69, 9.17) is 0 Å². The van der Waals surface area contributed by atoms with Gasteiger partial charge in [0.2, 0.25) is 0 Å². The van der Waals surface area contributed by atoms with Crippen molar-refractivity contribution >= 4 is 29.4 Å². The molecule has 2 aromatic rings. The number of hydrogen-bond donors (Lipinski definition) is 1. The second kappa shape index (κ2) is 7.64. The number of benzene rings is 2. The van der Waals surface area contributed by atoms with Crippen molar-refractivity contribution in [2.45, 2.75) is 18.9 Å². The lowest BCUT2D eigenvalue weighted by Gasteiger charge is -2.17. The summed E-state index contributed by atoms with van der Waals surface area (Å²) in [6.45, 7) is -0.248. The molecule has 152 valence electrons. The number of amides is 4. The molecule has 1 atom stereocenters. The Morgan fingerprint density at radius 1 is 0.700 bits per heavy atom. The molecule has 8 heteroatoms. The molecular weight excluding hydrogens is 388 g/mol. The van der Waals surface area contributed by atoms with Crippen LogP contribution in [0.25, 0.3) is 0 Å². The minimum absolute atomic E-state index is 0.105. The summed E-state index contributed by atoms with van der Waals surface area (Å²) in [6.07, 6.45) is -1.74. The standard InChI is InChI=1S/C22H18N2O6/c25-17(9-11-23-19(27)13-5-1-2-6-14(13)20(23)28)18(26)10-12-24-21(29)15-7-3-4-8-16(15)22(24)30/h1-8,17,25H,9-12H2. The molecule has 2 heterocycles. The molecule has 8 nitrogen and oxygen atoms in total. The molecule has 0 saturated carbocycles. The van der Waals surface area contributed by atoms with Crippen LogP contribution in [0.4, 0.5) is 0 Å². The lowest BCUT2D eigenvalue weighted by Crippen LogP contribution is -2.36. The fourth-order valence-electron chi connectivity index (χ4n) is 3.69. The zero-order chi connectivity index (χ0) is 21.4. The molecule has 2 aliphatic heterocycles. The van der Waals surface area contributed by atoms with Crippen molar-refractivity contribution < 1.29 is 29.1 Å². The molecule has 1 N–H and O–H groups in total. The average Bonchev–Trinajstić information content (AvgIpc) is 3.15. The molecule has 0 bridgehead atoms. The van der Waals surface area contributed by atoms with Gasteiger partial charge in [-0.25, -0.2) is 0 Å². The molecular formula is C22H18N2O6. The Morgan fingerprint density at radius 2 is 1.07 bits per heavy atom. The van der Waals surface area contributed by atoms with Crippen LogP contribution in [0, 0.1) is 0 Å². The quantitative estimate of drug-likeness (QED) is 0.694. The zero-order valence-electron chi connectivity index (χ0n) is 15.9. The van der Waals surface area contributed by atoms with Gasteiger partial charge in [-0.2, -0.15) is 0 Å². The maximum absolute atomic E-state index is 12.3. The maximum Gasteiger partial charge on any atom is 0.261 e. The van der Waals surface area contributed by atoms with Gasteiger partial charge in [-0.05, 0) is 30.7 Å². The van der Waals surface area contributed by atoms with Crippen LogP contribution < -0.4 is 0 Å². The van der Waals surface area contributed by atoms with Crippen molar-refractivity contribution in [1.82, 2.24) is 9.80 Å². The largest absolute Gasteiger partial charge is 0.385 e. The Bertz CT molecular complexity index is 1020. The first-order chi connectivity index (χ1) is 14.4. The SMILES string of the molecule is O=C(CCN1C(=O)c2ccccc2C1=O)C(O)CCN1C(=O)c2ccccc2C1=O. The summed E-state index contributed by atoms with van der Waals surface area (Å²) in [5, 5.41) is 10.2. The van der Waals surface area contributed by atoms with Crippen LogP contribution in [0.1, 0.15) is 54.3 Å². The molecule has 0 aromatic heterocycles. The Labute approximate surface area is 171 Å². The van der Waals surface area contributed by atoms with E-state index in [0.29, 0.717) is 22.3 Å². The van der Waals surface area contributed by atoms with E-state index in [9.17, 15) is 29.1 Å². The van der Waals surface area contributed by atoms with Crippen molar-refractivity contribution in [3.05, 3.63) is 70.8 Å². The molecule has 4 amide bonds. The Balaban J connectivity index is 1.31. The highest BCUT2D eigenvalue weighted by Crippen LogP contribution is 2.24. The molecule has 2 aromatic carbocycles. The number of hydrogen-bond acceptors (Lipinski definition) is 6. The molecule has 2 aliphatic rings. The smallest absolute Gasteiger partial charge is 0.261 e. The number of nitrogens with zero attached hydrogens (tertiary/aromatic N) is 2. The van der Waals surface area contributed by atoms with Crippen LogP contribution in [0.3, 0.4) is 0 Å². The second-order valence-electron chi connectivity index (χ2n) is 7.14. The van der Waals surface area contributed by atoms with E-state index in [1.807, 2.05) is 0 Å². The Kier molecular flexibility index (Phi) is 5.01. The minimum atomic E-state index is -1.41. The Morgan fingerprint density at radius 3 is 1.47 bits per heavy atom. The van der Waals surface area contributed by atoms with Crippen LogP contribution in [0.15, 0.2) is 48.5 Å². The summed E-state index contributed by atoms with van der Waals surface area (Å²) in [4.78, 5) is 63.6. The lowest BCUT2D eigenvalue weighted by molar-refractivity contribution is -0.127. The van der Waals surface area contributed by atoms with Crippen molar-refractivity contribution in [1.29, 1.82) is 0 Å². The number of fused-ring (bicyclic) bond motifs is 2. The molecule has 4 rings (SSSR count). The van der Waals surface area contributed by atoms with Crippen LogP contribution in [0.5, 0.6) is 0 Å². The van der Waals surface area contributed by atoms with Gasteiger partial charge in [-0.3, -0.25) is 33.8 Å². The van der Waals surface area contributed by atoms with E-state index in [2.05, 4.69) is 0 Å². The number of carbonyl (C=O) groups is 5. The fraction of sp³-hybridized carbons (Fsp3) is 0.227. The van der Waals surface area contributed by atoms with Crippen molar-refractivity contribution in [3.8, 4) is 0 Å². The van der Waals surface area contributed by atoms with E-state index in [1.165, 1.54) is 0 Å². The normalized spacial score (nSPS) is 16.2. The van der Waals surface area contributed by atoms with Gasteiger partial charge < -0.3 is 5.11 Å². The fourth-order valence-corrected chi connectivity index (χ4v) is 3.69. The third-order valence-corrected chi connectivity index (χ3v) is 5.34. The van der Waals surface area contributed by atoms with Crippen LogP contribution in [0.2, 0.25) is 0 Å². The summed E-state index contributed by atoms with van der Waals surface area (Å²) in [5.74, 6) is -2.42. The highest BCUT2D eigenvalue weighted by Gasteiger charge is 2.37. The topological polar surface area (TPSA) is 112 Å². The zero-order valence-corrected chi connectivity index (χ0v) is 15.9. The van der Waals surface area contributed by atoms with Gasteiger partial charge in [0.05, 0.1) is 22.3 Å². The summed E-state index contributed by atoms with van der Waals surface area (Å²) in [7, 11) is 0. The highest BCUT2D eigenvalue weighted by atomic mass is 16.3. The molecule has 0 saturated heterocycles. The molecule has 0 spiro atoms. The first kappa shape index (κ1) is 19.7. The third kappa shape index (κ3) is 3.21. The molecule has 1 unspecified atom stereocenters. The number of carbonyl (C=O) groups excluding carboxylic acids is 5. The molecule has 30 heavy (non-hydrogen) atoms. The van der Waals surface area contributed by atoms with Crippen molar-refractivity contribution in [2.75, 3.05) is 13.1 Å². The maximum atomic E-state index is 12.3. The number of aliphatic hydroxyl groups is 1. The first-order valence-electron chi connectivity index (χ1n) is 9.51. The van der Waals surface area contributed by atoms with Gasteiger partial charge in [0.15, 0.2) is 5.78 Å². The van der Waals surface area contributed by atoms with Gasteiger partial charge in [0.1, 0.15) is 6.10 Å². The van der Waals surface area contributed by atoms with Gasteiger partial charge in [-0.1, -0.05) is 24.3 Å². The van der Waals surface area contributed by atoms with Gasteiger partial charge >= 0.3 is 0 Å². The van der Waals surface area contributed by atoms with Crippen LogP contribution >= 0.6 is 0 Å². The minimum Gasteiger partial charge on any atom is -0.385 e. The monoisotopic (exact) mass is 406 g/mol. The van der Waals surface area contributed by atoms with E-state index in [1.54, 1.807) is 48.5 Å². The summed E-state index contributed by atoms with van der Waals surface area (Å²) in [5.41, 5.74) is 1.19. The van der Waals surface area contributed by atoms with Crippen molar-refractivity contribution in [3.63, 3.8) is 0 Å². The highest BCUT2D eigenvalue weighted by molar-refractivity contribution is 6.22. The number of aliphatic hydroxyl groups excluding tert-OH is 1. The van der Waals surface area contributed by atoms with Crippen LogP contribution in [-0.4, -0.2) is 63.5 Å². The third-order valence-electron chi connectivity index (χ3n) is 5.34. The number of ketones is 1. The molecule has 0 radical (unpaired) electrons. The second-order valence-corrected chi connectivity index (χ2v) is 7.14. The van der Waals surface area contributed by atoms with E-state index < -0.39 is 35.5 Å². The van der Waals surface area contributed by atoms with Crippen molar-refractivity contribution in [2.24, 2.45) is 0 Å². The van der Waals surface area contributed by atoms with E-state index in [-0.39, 0.29) is 25.9 Å². The molecule has 0 aliphatic carbocycles. The molecule has 0 fully saturated rings. The number of rotatable bonds is 7. The number of imide groups is 2. The first-order valence-corrected chi connectivity index (χ1v) is 9.51. The lowest BCUT2D eigenvalue weighted by atomic mass is 10.1. The van der Waals surface area contributed by atoms with Gasteiger partial charge in [-0.15, -0.1) is 0 Å². The van der Waals surface area contributed by atoms with E-state index >= 15 is 0 Å². The van der Waals surface area contributed by atoms with E-state index in [0.717, 1.165) is 9.80 Å². The van der Waals surface area contributed by atoms with Crippen LogP contribution in [-0.2, 0) is 4.79 Å². The number of Topliss-reactive ketones (excluding diaryl/α,β-unsaturated/α-hetero) is 1. The summed E-state index contributed by atoms with van der Waals surface area (Å²) < 4.78 is 0. The average molecular weight is 406 g/mol.